The second-order valence-corrected chi connectivity index (χ2v) is 7.42. The lowest BCUT2D eigenvalue weighted by molar-refractivity contribution is 0.349. The van der Waals surface area contributed by atoms with Crippen molar-refractivity contribution in [2.24, 2.45) is 0 Å². The van der Waals surface area contributed by atoms with E-state index in [1.54, 1.807) is 7.05 Å². The highest BCUT2D eigenvalue weighted by atomic mass is 35.5. The Morgan fingerprint density at radius 1 is 1.24 bits per heavy atom. The highest BCUT2D eigenvalue weighted by Crippen LogP contribution is 2.26. The quantitative estimate of drug-likeness (QED) is 0.918. The number of aromatic nitrogens is 2. The third-order valence-electron chi connectivity index (χ3n) is 3.82. The van der Waals surface area contributed by atoms with Crippen molar-refractivity contribution in [3.8, 4) is 0 Å². The fourth-order valence-electron chi connectivity index (χ4n) is 2.12. The largest absolute Gasteiger partial charge is 0.335 e. The van der Waals surface area contributed by atoms with E-state index in [-0.39, 0.29) is 17.0 Å². The summed E-state index contributed by atoms with van der Waals surface area (Å²) in [6.07, 6.45) is 2.67. The molecule has 1 aromatic carbocycles. The number of H-pyrrole nitrogens is 1. The minimum Gasteiger partial charge on any atom is -0.335 e. The van der Waals surface area contributed by atoms with Gasteiger partial charge in [-0.25, -0.2) is 13.4 Å². The maximum absolute atomic E-state index is 12.5. The number of nitrogens with one attached hydrogen (secondary N) is 1. The molecule has 0 aliphatic heterocycles. The number of hydrogen-bond donors (Lipinski definition) is 1. The van der Waals surface area contributed by atoms with Crippen LogP contribution in [0.15, 0.2) is 41.8 Å². The maximum atomic E-state index is 12.5. The van der Waals surface area contributed by atoms with Gasteiger partial charge < -0.3 is 4.98 Å². The third-order valence-corrected chi connectivity index (χ3v) is 5.94. The molecule has 21 heavy (non-hydrogen) atoms. The summed E-state index contributed by atoms with van der Waals surface area (Å²) in [6.45, 7) is 3.88. The maximum Gasteiger partial charge on any atom is 0.260 e. The van der Waals surface area contributed by atoms with E-state index in [2.05, 4.69) is 9.97 Å². The van der Waals surface area contributed by atoms with Gasteiger partial charge in [-0.1, -0.05) is 30.7 Å². The molecule has 0 aliphatic rings. The van der Waals surface area contributed by atoms with Gasteiger partial charge in [0.1, 0.15) is 0 Å². The molecule has 2 rings (SSSR count). The lowest BCUT2D eigenvalue weighted by Crippen LogP contribution is -2.38. The number of likely N-dealkylation sites (N-methyl/N-ethyl adjacent to an activating group) is 1. The number of sulfonamides is 1. The van der Waals surface area contributed by atoms with Crippen LogP contribution in [0.5, 0.6) is 0 Å². The molecule has 0 fully saturated rings. The summed E-state index contributed by atoms with van der Waals surface area (Å²) < 4.78 is 26.3. The Morgan fingerprint density at radius 2 is 1.86 bits per heavy atom. The summed E-state index contributed by atoms with van der Waals surface area (Å²) in [5, 5.41) is 0.761. The van der Waals surface area contributed by atoms with Crippen LogP contribution in [0.25, 0.3) is 0 Å². The number of hydrogen-bond acceptors (Lipinski definition) is 3. The molecule has 2 atom stereocenters. The van der Waals surface area contributed by atoms with Crippen LogP contribution < -0.4 is 0 Å². The Kier molecular flexibility index (Phi) is 4.70. The van der Waals surface area contributed by atoms with Crippen molar-refractivity contribution in [3.63, 3.8) is 0 Å². The molecule has 0 aliphatic carbocycles. The molecule has 1 aromatic heterocycles. The predicted molar refractivity (Wildman–Crippen MR) is 82.9 cm³/mol. The lowest BCUT2D eigenvalue weighted by Gasteiger charge is -2.29. The standard InChI is InChI=1S/C14H18ClN3O2S/c1-10(12-4-6-13(15)7-5-12)11(2)18(3)21(19,20)14-8-16-9-17-14/h4-11H,1-3H3,(H,16,17)/t10-,11-/m1/s1. The van der Waals surface area contributed by atoms with Crippen molar-refractivity contribution in [3.05, 3.63) is 47.4 Å². The van der Waals surface area contributed by atoms with Gasteiger partial charge in [-0.2, -0.15) is 4.31 Å². The van der Waals surface area contributed by atoms with Gasteiger partial charge in [-0.05, 0) is 30.5 Å². The topological polar surface area (TPSA) is 66.1 Å². The number of halogens is 1. The van der Waals surface area contributed by atoms with Crippen LogP contribution in [0.4, 0.5) is 0 Å². The summed E-state index contributed by atoms with van der Waals surface area (Å²) in [5.74, 6) is 0.0324. The Bertz CT molecular complexity index is 684. The molecule has 1 N–H and O–H groups in total. The van der Waals surface area contributed by atoms with Gasteiger partial charge in [0, 0.05) is 18.1 Å². The minimum atomic E-state index is -3.57. The monoisotopic (exact) mass is 327 g/mol. The first kappa shape index (κ1) is 16.0. The highest BCUT2D eigenvalue weighted by Gasteiger charge is 2.30. The van der Waals surface area contributed by atoms with Crippen molar-refractivity contribution in [2.75, 3.05) is 7.05 Å². The lowest BCUT2D eigenvalue weighted by atomic mass is 9.95. The van der Waals surface area contributed by atoms with Crippen molar-refractivity contribution in [2.45, 2.75) is 30.8 Å². The molecule has 1 heterocycles. The van der Waals surface area contributed by atoms with Gasteiger partial charge in [0.15, 0.2) is 5.03 Å². The number of imidazole rings is 1. The zero-order valence-electron chi connectivity index (χ0n) is 12.1. The molecule has 0 amide bonds. The van der Waals surface area contributed by atoms with Crippen LogP contribution in [0, 0.1) is 0 Å². The molecule has 7 heteroatoms. The minimum absolute atomic E-state index is 0.0324. The summed E-state index contributed by atoms with van der Waals surface area (Å²) in [4.78, 5) is 6.41. The molecule has 0 spiro atoms. The van der Waals surface area contributed by atoms with E-state index in [9.17, 15) is 8.42 Å². The van der Waals surface area contributed by atoms with E-state index >= 15 is 0 Å². The Balaban J connectivity index is 2.23. The summed E-state index contributed by atoms with van der Waals surface area (Å²) in [6, 6.07) is 7.24. The van der Waals surface area contributed by atoms with Crippen molar-refractivity contribution in [1.82, 2.24) is 14.3 Å². The fraction of sp³-hybridized carbons (Fsp3) is 0.357. The zero-order chi connectivity index (χ0) is 15.6. The van der Waals surface area contributed by atoms with Crippen LogP contribution >= 0.6 is 11.6 Å². The average Bonchev–Trinajstić information content (AvgIpc) is 3.00. The zero-order valence-corrected chi connectivity index (χ0v) is 13.7. The van der Waals surface area contributed by atoms with Gasteiger partial charge in [-0.15, -0.1) is 0 Å². The smallest absolute Gasteiger partial charge is 0.260 e. The van der Waals surface area contributed by atoms with E-state index < -0.39 is 10.0 Å². The first-order chi connectivity index (χ1) is 9.84. The fourth-order valence-corrected chi connectivity index (χ4v) is 3.57. The molecular formula is C14H18ClN3O2S. The number of nitrogens with zero attached hydrogens (tertiary/aromatic N) is 2. The van der Waals surface area contributed by atoms with Crippen molar-refractivity contribution < 1.29 is 8.42 Å². The second kappa shape index (κ2) is 6.17. The van der Waals surface area contributed by atoms with Crippen LogP contribution in [0.1, 0.15) is 25.3 Å². The van der Waals surface area contributed by atoms with E-state index in [0.29, 0.717) is 5.02 Å². The summed E-state index contributed by atoms with van der Waals surface area (Å²) >= 11 is 5.88. The van der Waals surface area contributed by atoms with Crippen molar-refractivity contribution >= 4 is 21.6 Å². The molecule has 2 aromatic rings. The Hall–Kier alpha value is -1.37. The normalized spacial score (nSPS) is 15.1. The Morgan fingerprint density at radius 3 is 2.38 bits per heavy atom. The van der Waals surface area contributed by atoms with E-state index in [1.165, 1.54) is 16.8 Å². The van der Waals surface area contributed by atoms with E-state index in [4.69, 9.17) is 11.6 Å². The third kappa shape index (κ3) is 3.28. The van der Waals surface area contributed by atoms with Crippen LogP contribution in [0.2, 0.25) is 5.02 Å². The highest BCUT2D eigenvalue weighted by molar-refractivity contribution is 7.89. The number of benzene rings is 1. The van der Waals surface area contributed by atoms with Crippen LogP contribution in [-0.2, 0) is 10.0 Å². The number of aromatic amines is 1. The van der Waals surface area contributed by atoms with Gasteiger partial charge in [0.25, 0.3) is 10.0 Å². The number of rotatable bonds is 5. The van der Waals surface area contributed by atoms with Gasteiger partial charge >= 0.3 is 0 Å². The molecule has 0 saturated heterocycles. The first-order valence-corrected chi connectivity index (χ1v) is 8.37. The molecular weight excluding hydrogens is 310 g/mol. The first-order valence-electron chi connectivity index (χ1n) is 6.56. The van der Waals surface area contributed by atoms with Gasteiger partial charge in [-0.3, -0.25) is 0 Å². The molecule has 0 saturated carbocycles. The van der Waals surface area contributed by atoms with Crippen molar-refractivity contribution in [1.29, 1.82) is 0 Å². The SMILES string of the molecule is C[C@H]([C@@H](C)c1ccc(Cl)cc1)N(C)S(=O)(=O)c1cnc[nH]1. The molecule has 0 unspecified atom stereocenters. The van der Waals surface area contributed by atoms with Crippen LogP contribution in [-0.4, -0.2) is 35.8 Å². The molecule has 5 nitrogen and oxygen atoms in total. The van der Waals surface area contributed by atoms with Gasteiger partial charge in [0.05, 0.1) is 12.5 Å². The molecule has 114 valence electrons. The molecule has 0 bridgehead atoms. The second-order valence-electron chi connectivity index (χ2n) is 5.02. The van der Waals surface area contributed by atoms with E-state index in [1.807, 2.05) is 38.1 Å². The average molecular weight is 328 g/mol. The molecule has 0 radical (unpaired) electrons. The Labute approximate surface area is 130 Å². The van der Waals surface area contributed by atoms with E-state index in [0.717, 1.165) is 5.56 Å². The summed E-state index contributed by atoms with van der Waals surface area (Å²) in [7, 11) is -1.99. The van der Waals surface area contributed by atoms with Gasteiger partial charge in [0.2, 0.25) is 0 Å². The predicted octanol–water partition coefficient (Wildman–Crippen LogP) is 2.88. The van der Waals surface area contributed by atoms with Crippen LogP contribution in [0.3, 0.4) is 0 Å². The summed E-state index contributed by atoms with van der Waals surface area (Å²) in [5.41, 5.74) is 1.04.